The van der Waals surface area contributed by atoms with E-state index in [4.69, 9.17) is 39.0 Å². The number of sulfone groups is 2. The lowest BCUT2D eigenvalue weighted by molar-refractivity contribution is -0.192. The number of aryl methyl sites for hydroxylation is 4. The van der Waals surface area contributed by atoms with Gasteiger partial charge in [-0.25, -0.2) is 36.4 Å². The Morgan fingerprint density at radius 1 is 0.582 bits per heavy atom. The zero-order chi connectivity index (χ0) is 64.7. The molecule has 0 aliphatic carbocycles. The van der Waals surface area contributed by atoms with E-state index in [9.17, 15) is 39.6 Å². The van der Waals surface area contributed by atoms with E-state index in [0.717, 1.165) is 114 Å². The number of carbonyl (C=O) groups excluding carboxylic acids is 1. The Morgan fingerprint density at radius 2 is 0.978 bits per heavy atom. The summed E-state index contributed by atoms with van der Waals surface area (Å²) in [6.45, 7) is 13.4. The first kappa shape index (κ1) is 71.9. The van der Waals surface area contributed by atoms with Crippen molar-refractivity contribution in [2.45, 2.75) is 80.1 Å². The maximum atomic E-state index is 13.2. The lowest BCUT2D eigenvalue weighted by Gasteiger charge is -2.26. The molecule has 0 saturated carbocycles. The third-order valence-electron chi connectivity index (χ3n) is 14.2. The zero-order valence-electron chi connectivity index (χ0n) is 50.1. The molecule has 0 radical (unpaired) electrons. The summed E-state index contributed by atoms with van der Waals surface area (Å²) in [4.78, 5) is 54.5. The van der Waals surface area contributed by atoms with Crippen LogP contribution in [0.15, 0.2) is 165 Å². The van der Waals surface area contributed by atoms with Crippen molar-refractivity contribution in [1.82, 2.24) is 35.1 Å². The number of ether oxygens (including phenoxy) is 2. The van der Waals surface area contributed by atoms with Crippen molar-refractivity contribution in [2.75, 3.05) is 65.7 Å². The first-order chi connectivity index (χ1) is 43.1. The molecular weight excluding hydrogens is 1250 g/mol. The Labute approximate surface area is 532 Å². The van der Waals surface area contributed by atoms with Crippen LogP contribution in [0.2, 0.25) is 0 Å². The molecule has 5 N–H and O–H groups in total. The second-order valence-corrected chi connectivity index (χ2v) is 24.8. The van der Waals surface area contributed by atoms with Gasteiger partial charge in [-0.2, -0.15) is 13.2 Å². The molecule has 91 heavy (non-hydrogen) atoms. The van der Waals surface area contributed by atoms with E-state index in [0.29, 0.717) is 58.6 Å². The highest BCUT2D eigenvalue weighted by atomic mass is 35.5. The number of benzene rings is 4. The number of carbonyl (C=O) groups is 3. The van der Waals surface area contributed by atoms with Crippen molar-refractivity contribution in [3.63, 3.8) is 0 Å². The third kappa shape index (κ3) is 22.9. The van der Waals surface area contributed by atoms with Gasteiger partial charge in [-0.1, -0.05) is 36.4 Å². The van der Waals surface area contributed by atoms with Crippen LogP contribution in [0.4, 0.5) is 13.2 Å². The highest BCUT2D eigenvalue weighted by Crippen LogP contribution is 2.28. The largest absolute Gasteiger partial charge is 0.490 e. The van der Waals surface area contributed by atoms with E-state index in [1.807, 2.05) is 48.5 Å². The molecule has 8 aromatic rings. The highest BCUT2D eigenvalue weighted by Gasteiger charge is 2.38. The Morgan fingerprint density at radius 3 is 1.33 bits per heavy atom. The van der Waals surface area contributed by atoms with E-state index in [1.165, 1.54) is 12.1 Å². The number of nitrogens with two attached hydrogens (primary N) is 1. The summed E-state index contributed by atoms with van der Waals surface area (Å²) in [7, 11) is -7.21. The third-order valence-corrected chi connectivity index (χ3v) is 17.5. The van der Waals surface area contributed by atoms with Crippen LogP contribution in [-0.2, 0) is 71.4 Å². The van der Waals surface area contributed by atoms with Gasteiger partial charge in [-0.15, -0.1) is 12.4 Å². The van der Waals surface area contributed by atoms with Crippen molar-refractivity contribution < 1.29 is 72.9 Å². The molecule has 2 fully saturated rings. The summed E-state index contributed by atoms with van der Waals surface area (Å²) >= 11 is 0. The van der Waals surface area contributed by atoms with Crippen molar-refractivity contribution >= 4 is 49.9 Å². The molecule has 6 heterocycles. The highest BCUT2D eigenvalue weighted by molar-refractivity contribution is 7.91. The second kappa shape index (κ2) is 34.8. The number of nitrogens with one attached hydrogen (secondary N) is 1. The molecule has 0 spiro atoms. The molecule has 1 amide bonds. The Balaban J connectivity index is 0.000000235. The van der Waals surface area contributed by atoms with Gasteiger partial charge in [-0.3, -0.25) is 24.6 Å². The van der Waals surface area contributed by atoms with Crippen LogP contribution in [0.3, 0.4) is 0 Å². The molecule has 21 nitrogen and oxygen atoms in total. The number of aliphatic carboxylic acids is 1. The molecule has 4 aromatic heterocycles. The monoisotopic (exact) mass is 1320 g/mol. The van der Waals surface area contributed by atoms with Gasteiger partial charge in [0.25, 0.3) is 5.91 Å². The van der Waals surface area contributed by atoms with Crippen molar-refractivity contribution in [1.29, 1.82) is 0 Å². The van der Waals surface area contributed by atoms with Crippen molar-refractivity contribution in [3.8, 4) is 22.9 Å². The fourth-order valence-electron chi connectivity index (χ4n) is 9.11. The van der Waals surface area contributed by atoms with Gasteiger partial charge < -0.3 is 39.6 Å². The number of carboxylic acid groups (broad SMARTS) is 2. The smallest absolute Gasteiger partial charge is 0.478 e. The first-order valence-corrected chi connectivity index (χ1v) is 32.0. The molecule has 0 unspecified atom stereocenters. The Hall–Kier alpha value is -8.21. The van der Waals surface area contributed by atoms with E-state index in [1.54, 1.807) is 99.3 Å². The van der Waals surface area contributed by atoms with Gasteiger partial charge >= 0.3 is 18.1 Å². The fraction of sp³-hybridized carbons (Fsp3) is 0.328. The minimum absolute atomic E-state index is 0. The summed E-state index contributed by atoms with van der Waals surface area (Å²) in [5.41, 5.74) is 12.1. The van der Waals surface area contributed by atoms with Gasteiger partial charge in [0.2, 0.25) is 11.8 Å². The summed E-state index contributed by atoms with van der Waals surface area (Å²) in [5.74, 6) is -3.08. The lowest BCUT2D eigenvalue weighted by atomic mass is 10.1. The zero-order valence-corrected chi connectivity index (χ0v) is 52.5. The van der Waals surface area contributed by atoms with Crippen LogP contribution >= 0.6 is 12.4 Å². The van der Waals surface area contributed by atoms with Crippen molar-refractivity contribution in [2.24, 2.45) is 5.73 Å². The van der Waals surface area contributed by atoms with Crippen molar-refractivity contribution in [3.05, 3.63) is 202 Å². The van der Waals surface area contributed by atoms with Crippen LogP contribution < -0.4 is 11.1 Å². The fourth-order valence-corrected chi connectivity index (χ4v) is 11.8. The average molecular weight is 1320 g/mol. The van der Waals surface area contributed by atoms with E-state index in [-0.39, 0.29) is 51.1 Å². The maximum absolute atomic E-state index is 13.2. The van der Waals surface area contributed by atoms with E-state index < -0.39 is 37.8 Å². The number of oxazole rings is 2. The summed E-state index contributed by atoms with van der Waals surface area (Å²) < 4.78 is 106. The molecule has 2 aliphatic rings. The maximum Gasteiger partial charge on any atom is 0.490 e. The Bertz CT molecular complexity index is 3800. The molecule has 4 aromatic carbocycles. The topological polar surface area (TPSA) is 301 Å². The minimum atomic E-state index is -5.08. The lowest BCUT2D eigenvalue weighted by Crippen LogP contribution is -2.36. The van der Waals surface area contributed by atoms with E-state index in [2.05, 4.69) is 35.1 Å². The standard InChI is InChI=1S/C31H34N4O5S.C25H28N2O6S.C6H8N2.C2HF3O2.ClH/c1-23-29(22-41(37,38)28-12-6-24(7-13-28)5-3-15-35-16-18-39-19-17-35)34-31(40-23)27-10-8-26(9-11-27)30(36)33-21-25-4-2-14-32-20-25;1-18-23(26-24(33-18)20-6-8-21(9-7-20)25(28)29)17-34(30,31)22-10-4-19(5-11-22)3-2-12-27-13-15-32-16-14-27;7-4-6-2-1-3-8-5-6;3-2(4,5)1(6)7;/h2,4,6-14,20H,3,5,15-19,21-22H2,1H3,(H,33,36);4-11H,2-3,12-17H2,1H3,(H,28,29);1-3,5H,4,7H2;(H,6,7);1H. The first-order valence-electron chi connectivity index (χ1n) is 28.7. The van der Waals surface area contributed by atoms with Gasteiger partial charge in [0, 0.05) is 80.7 Å². The number of nitrogens with zero attached hydrogens (tertiary/aromatic N) is 6. The predicted molar refractivity (Wildman–Crippen MR) is 335 cm³/mol. The normalized spacial score (nSPS) is 13.6. The number of aromatic nitrogens is 4. The molecule has 10 rings (SSSR count). The van der Waals surface area contributed by atoms with Crippen LogP contribution in [-0.4, -0.2) is 147 Å². The molecule has 0 bridgehead atoms. The molecule has 2 saturated heterocycles. The van der Waals surface area contributed by atoms with Gasteiger partial charge in [0.1, 0.15) is 23.0 Å². The number of rotatable bonds is 21. The van der Waals surface area contributed by atoms with Crippen LogP contribution in [0, 0.1) is 13.8 Å². The Kier molecular flexibility index (Phi) is 27.5. The molecule has 0 atom stereocenters. The van der Waals surface area contributed by atoms with Crippen LogP contribution in [0.5, 0.6) is 0 Å². The molecule has 486 valence electrons. The van der Waals surface area contributed by atoms with Crippen LogP contribution in [0.1, 0.15) is 78.7 Å². The average Bonchev–Trinajstić information content (AvgIpc) is 1.81. The SMILES string of the molecule is Cc1oc(-c2ccc(C(=O)NCc3cccnc3)cc2)nc1CS(=O)(=O)c1ccc(CCCN2CCOCC2)cc1.Cc1oc(-c2ccc(C(=O)O)cc2)nc1CS(=O)(=O)c1ccc(CCCN2CCOCC2)cc1.Cl.NCc1cccnc1.O=C(O)C(F)(F)F. The van der Waals surface area contributed by atoms with Gasteiger partial charge in [0.15, 0.2) is 19.7 Å². The summed E-state index contributed by atoms with van der Waals surface area (Å²) in [6, 6.07) is 34.7. The number of carboxylic acids is 2. The quantitative estimate of drug-likeness (QED) is 0.0520. The van der Waals surface area contributed by atoms with Crippen LogP contribution in [0.25, 0.3) is 22.9 Å². The van der Waals surface area contributed by atoms with Gasteiger partial charge in [-0.05, 0) is 160 Å². The summed E-state index contributed by atoms with van der Waals surface area (Å²) in [6.07, 6.45) is 5.63. The molecule has 2 aliphatic heterocycles. The minimum Gasteiger partial charge on any atom is -0.478 e. The number of halogens is 4. The molecule has 27 heteroatoms. The number of pyridine rings is 2. The second-order valence-electron chi connectivity index (χ2n) is 20.8. The van der Waals surface area contributed by atoms with E-state index >= 15 is 0 Å². The number of morpholine rings is 2. The number of amides is 1. The molecular formula is C64H72ClF3N8O13S2. The number of alkyl halides is 3. The number of hydrogen-bond donors (Lipinski definition) is 4. The number of hydrogen-bond acceptors (Lipinski definition) is 18. The predicted octanol–water partition coefficient (Wildman–Crippen LogP) is 9.40. The number of aromatic carboxylic acids is 1. The van der Waals surface area contributed by atoms with Gasteiger partial charge in [0.05, 0.1) is 53.2 Å². The summed E-state index contributed by atoms with van der Waals surface area (Å²) in [5, 5.41) is 19.0.